The number of carbonyl (C=O) groups is 1. The molecule has 6 heteroatoms. The molecule has 4 heterocycles. The molecule has 4 rings (SSSR count). The average Bonchev–Trinajstić information content (AvgIpc) is 3.34. The third kappa shape index (κ3) is 2.98. The summed E-state index contributed by atoms with van der Waals surface area (Å²) >= 11 is 1.41. The maximum absolute atomic E-state index is 13.2. The summed E-state index contributed by atoms with van der Waals surface area (Å²) in [6, 6.07) is 7.91. The van der Waals surface area contributed by atoms with Crippen molar-refractivity contribution in [2.75, 3.05) is 6.54 Å². The summed E-state index contributed by atoms with van der Waals surface area (Å²) in [6.07, 6.45) is 5.57. The van der Waals surface area contributed by atoms with E-state index >= 15 is 0 Å². The van der Waals surface area contributed by atoms with Crippen molar-refractivity contribution in [2.24, 2.45) is 0 Å². The van der Waals surface area contributed by atoms with Crippen molar-refractivity contribution in [2.45, 2.75) is 32.7 Å². The van der Waals surface area contributed by atoms with Crippen LogP contribution in [0.4, 0.5) is 0 Å². The zero-order chi connectivity index (χ0) is 17.4. The lowest BCUT2D eigenvalue weighted by Crippen LogP contribution is -2.30. The summed E-state index contributed by atoms with van der Waals surface area (Å²) in [5.74, 6) is 1.62. The van der Waals surface area contributed by atoms with Gasteiger partial charge in [0, 0.05) is 18.9 Å². The molecule has 0 spiro atoms. The molecule has 0 aliphatic carbocycles. The van der Waals surface area contributed by atoms with Crippen LogP contribution in [0.15, 0.2) is 41.1 Å². The summed E-state index contributed by atoms with van der Waals surface area (Å²) in [7, 11) is 0. The Morgan fingerprint density at radius 1 is 1.24 bits per heavy atom. The van der Waals surface area contributed by atoms with Crippen LogP contribution in [0.1, 0.15) is 45.6 Å². The first-order chi connectivity index (χ1) is 12.1. The number of aryl methyl sites for hydroxylation is 2. The van der Waals surface area contributed by atoms with Crippen LogP contribution in [0, 0.1) is 13.8 Å². The summed E-state index contributed by atoms with van der Waals surface area (Å²) in [5, 5.41) is 0.758. The summed E-state index contributed by atoms with van der Waals surface area (Å²) in [5.41, 5.74) is 1.91. The third-order valence-corrected chi connectivity index (χ3v) is 5.71. The second kappa shape index (κ2) is 6.44. The van der Waals surface area contributed by atoms with Gasteiger partial charge in [-0.25, -0.2) is 4.98 Å². The lowest BCUT2D eigenvalue weighted by atomic mass is 10.1. The van der Waals surface area contributed by atoms with Crippen molar-refractivity contribution < 1.29 is 9.21 Å². The summed E-state index contributed by atoms with van der Waals surface area (Å²) in [4.78, 5) is 24.4. The van der Waals surface area contributed by atoms with Crippen molar-refractivity contribution in [3.05, 3.63) is 58.6 Å². The molecule has 1 aliphatic heterocycles. The zero-order valence-electron chi connectivity index (χ0n) is 14.2. The summed E-state index contributed by atoms with van der Waals surface area (Å²) in [6.45, 7) is 4.57. The quantitative estimate of drug-likeness (QED) is 0.700. The molecular weight excluding hydrogens is 334 g/mol. The minimum absolute atomic E-state index is 0.0591. The van der Waals surface area contributed by atoms with E-state index in [4.69, 9.17) is 4.42 Å². The van der Waals surface area contributed by atoms with Crippen molar-refractivity contribution in [3.63, 3.8) is 0 Å². The number of nitrogens with zero attached hydrogens (tertiary/aromatic N) is 3. The molecule has 0 N–H and O–H groups in total. The normalized spacial score (nSPS) is 17.2. The topological polar surface area (TPSA) is 59.2 Å². The van der Waals surface area contributed by atoms with Gasteiger partial charge in [0.05, 0.1) is 11.7 Å². The Labute approximate surface area is 150 Å². The minimum Gasteiger partial charge on any atom is -0.459 e. The molecule has 25 heavy (non-hydrogen) atoms. The highest BCUT2D eigenvalue weighted by atomic mass is 32.1. The SMILES string of the molecule is Cc1ccc(-c2nc(C)c(C(=O)N3CCCC3c3ccncc3)s2)o1. The first-order valence-corrected chi connectivity index (χ1v) is 9.20. The Kier molecular flexibility index (Phi) is 4.13. The molecule has 1 fully saturated rings. The van der Waals surface area contributed by atoms with E-state index in [1.54, 1.807) is 12.4 Å². The van der Waals surface area contributed by atoms with E-state index in [9.17, 15) is 4.79 Å². The number of pyridine rings is 1. The number of rotatable bonds is 3. The number of carbonyl (C=O) groups excluding carboxylic acids is 1. The van der Waals surface area contributed by atoms with Gasteiger partial charge in [0.25, 0.3) is 5.91 Å². The van der Waals surface area contributed by atoms with E-state index in [1.807, 2.05) is 43.0 Å². The Bertz CT molecular complexity index is 901. The molecular formula is C19H19N3O2S. The second-order valence-corrected chi connectivity index (χ2v) is 7.28. The number of hydrogen-bond acceptors (Lipinski definition) is 5. The number of furan rings is 1. The third-order valence-electron chi connectivity index (χ3n) is 4.55. The van der Waals surface area contributed by atoms with Gasteiger partial charge in [0.15, 0.2) is 10.8 Å². The molecule has 1 aliphatic rings. The molecule has 1 amide bonds. The minimum atomic E-state index is 0.0591. The van der Waals surface area contributed by atoms with E-state index in [0.29, 0.717) is 4.88 Å². The predicted molar refractivity (Wildman–Crippen MR) is 96.5 cm³/mol. The number of thiazole rings is 1. The van der Waals surface area contributed by atoms with E-state index in [2.05, 4.69) is 9.97 Å². The molecule has 0 aromatic carbocycles. The molecule has 0 saturated carbocycles. The molecule has 1 atom stereocenters. The van der Waals surface area contributed by atoms with Gasteiger partial charge in [-0.3, -0.25) is 9.78 Å². The highest BCUT2D eigenvalue weighted by Crippen LogP contribution is 2.36. The Balaban J connectivity index is 1.63. The van der Waals surface area contributed by atoms with Crippen LogP contribution in [0.2, 0.25) is 0 Å². The van der Waals surface area contributed by atoms with Gasteiger partial charge in [-0.15, -0.1) is 11.3 Å². The zero-order valence-corrected chi connectivity index (χ0v) is 15.0. The molecule has 0 bridgehead atoms. The van der Waals surface area contributed by atoms with Crippen molar-refractivity contribution in [3.8, 4) is 10.8 Å². The van der Waals surface area contributed by atoms with E-state index in [-0.39, 0.29) is 11.9 Å². The first kappa shape index (κ1) is 16.0. The predicted octanol–water partition coefficient (Wildman–Crippen LogP) is 4.39. The molecule has 128 valence electrons. The molecule has 0 radical (unpaired) electrons. The van der Waals surface area contributed by atoms with Crippen LogP contribution in [0.5, 0.6) is 0 Å². The van der Waals surface area contributed by atoms with Gasteiger partial charge in [-0.1, -0.05) is 0 Å². The Hall–Kier alpha value is -2.47. The van der Waals surface area contributed by atoms with Gasteiger partial charge in [-0.2, -0.15) is 0 Å². The maximum atomic E-state index is 13.2. The average molecular weight is 353 g/mol. The van der Waals surface area contributed by atoms with E-state index in [0.717, 1.165) is 47.2 Å². The fourth-order valence-electron chi connectivity index (χ4n) is 3.32. The van der Waals surface area contributed by atoms with Gasteiger partial charge < -0.3 is 9.32 Å². The van der Waals surface area contributed by atoms with Crippen molar-refractivity contribution in [1.82, 2.24) is 14.9 Å². The highest BCUT2D eigenvalue weighted by molar-refractivity contribution is 7.17. The van der Waals surface area contributed by atoms with Crippen molar-refractivity contribution in [1.29, 1.82) is 0 Å². The fraction of sp³-hybridized carbons (Fsp3) is 0.316. The Morgan fingerprint density at radius 3 is 2.76 bits per heavy atom. The standard InChI is InChI=1S/C19H19N3O2S/c1-12-5-6-16(24-12)18-21-13(2)17(25-18)19(23)22-11-3-4-15(22)14-7-9-20-10-8-14/h5-10,15H,3-4,11H2,1-2H3. The lowest BCUT2D eigenvalue weighted by Gasteiger charge is -2.24. The monoisotopic (exact) mass is 353 g/mol. The Morgan fingerprint density at radius 2 is 2.04 bits per heavy atom. The van der Waals surface area contributed by atoms with E-state index < -0.39 is 0 Å². The highest BCUT2D eigenvalue weighted by Gasteiger charge is 2.32. The second-order valence-electron chi connectivity index (χ2n) is 6.28. The van der Waals surface area contributed by atoms with Gasteiger partial charge in [0.2, 0.25) is 0 Å². The van der Waals surface area contributed by atoms with Crippen LogP contribution >= 0.6 is 11.3 Å². The number of amides is 1. The first-order valence-electron chi connectivity index (χ1n) is 8.38. The van der Waals surface area contributed by atoms with Crippen molar-refractivity contribution >= 4 is 17.2 Å². The fourth-order valence-corrected chi connectivity index (χ4v) is 4.31. The van der Waals surface area contributed by atoms with Crippen LogP contribution in [0.25, 0.3) is 10.8 Å². The molecule has 1 saturated heterocycles. The molecule has 3 aromatic heterocycles. The van der Waals surface area contributed by atoms with Crippen LogP contribution in [0.3, 0.4) is 0 Å². The van der Waals surface area contributed by atoms with Gasteiger partial charge >= 0.3 is 0 Å². The van der Waals surface area contributed by atoms with Gasteiger partial charge in [-0.05, 0) is 56.5 Å². The number of hydrogen-bond donors (Lipinski definition) is 0. The van der Waals surface area contributed by atoms with Gasteiger partial charge in [0.1, 0.15) is 10.6 Å². The number of likely N-dealkylation sites (tertiary alicyclic amines) is 1. The molecule has 3 aromatic rings. The molecule has 5 nitrogen and oxygen atoms in total. The lowest BCUT2D eigenvalue weighted by molar-refractivity contribution is 0.0739. The van der Waals surface area contributed by atoms with Crippen LogP contribution < -0.4 is 0 Å². The maximum Gasteiger partial charge on any atom is 0.266 e. The van der Waals surface area contributed by atoms with Crippen LogP contribution in [-0.2, 0) is 0 Å². The smallest absolute Gasteiger partial charge is 0.266 e. The summed E-state index contributed by atoms with van der Waals surface area (Å²) < 4.78 is 5.65. The number of aromatic nitrogens is 2. The largest absolute Gasteiger partial charge is 0.459 e. The van der Waals surface area contributed by atoms with E-state index in [1.165, 1.54) is 11.3 Å². The van der Waals surface area contributed by atoms with Crippen LogP contribution in [-0.4, -0.2) is 27.3 Å². The molecule has 1 unspecified atom stereocenters.